The third-order valence-electron chi connectivity index (χ3n) is 3.93. The van der Waals surface area contributed by atoms with E-state index in [1.54, 1.807) is 7.11 Å². The van der Waals surface area contributed by atoms with E-state index in [-0.39, 0.29) is 30.9 Å². The number of ether oxygens (including phenoxy) is 1. The van der Waals surface area contributed by atoms with Crippen molar-refractivity contribution in [3.63, 3.8) is 0 Å². The summed E-state index contributed by atoms with van der Waals surface area (Å²) < 4.78 is 5.29. The zero-order chi connectivity index (χ0) is 13.8. The Bertz CT molecular complexity index is 465. The standard InChI is InChI=1S/C16H24N2O.2ClH/c1-4-12(2)9-18-10-15(16(17)11-18)13-6-5-7-14(8-13)19-3;;/h4-8,15-16H,9-11,17H2,1-3H3;2*1H/b12-4+;;/t15-,16+;;/m1../s1. The van der Waals surface area contributed by atoms with Gasteiger partial charge in [-0.05, 0) is 31.5 Å². The van der Waals surface area contributed by atoms with Crippen molar-refractivity contribution in [1.29, 1.82) is 0 Å². The van der Waals surface area contributed by atoms with Crippen LogP contribution in [0.3, 0.4) is 0 Å². The van der Waals surface area contributed by atoms with Crippen LogP contribution in [0.25, 0.3) is 0 Å². The molecule has 1 aromatic rings. The number of rotatable bonds is 4. The van der Waals surface area contributed by atoms with E-state index in [1.807, 2.05) is 12.1 Å². The predicted molar refractivity (Wildman–Crippen MR) is 94.1 cm³/mol. The van der Waals surface area contributed by atoms with E-state index in [0.29, 0.717) is 5.92 Å². The summed E-state index contributed by atoms with van der Waals surface area (Å²) in [7, 11) is 1.70. The van der Waals surface area contributed by atoms with Gasteiger partial charge in [-0.15, -0.1) is 24.8 Å². The lowest BCUT2D eigenvalue weighted by molar-refractivity contribution is 0.359. The summed E-state index contributed by atoms with van der Waals surface area (Å²) in [5, 5.41) is 0. The fourth-order valence-electron chi connectivity index (χ4n) is 2.71. The highest BCUT2D eigenvalue weighted by molar-refractivity contribution is 5.85. The summed E-state index contributed by atoms with van der Waals surface area (Å²) >= 11 is 0. The molecule has 0 amide bonds. The van der Waals surface area contributed by atoms with E-state index in [0.717, 1.165) is 25.4 Å². The van der Waals surface area contributed by atoms with Crippen molar-refractivity contribution in [1.82, 2.24) is 4.90 Å². The normalized spacial score (nSPS) is 22.4. The van der Waals surface area contributed by atoms with Crippen LogP contribution in [0, 0.1) is 0 Å². The van der Waals surface area contributed by atoms with Gasteiger partial charge in [-0.2, -0.15) is 0 Å². The summed E-state index contributed by atoms with van der Waals surface area (Å²) in [5.74, 6) is 1.31. The fraction of sp³-hybridized carbons (Fsp3) is 0.500. The molecular formula is C16H26Cl2N2O. The van der Waals surface area contributed by atoms with Crippen LogP contribution in [0.5, 0.6) is 5.75 Å². The number of likely N-dealkylation sites (tertiary alicyclic amines) is 1. The van der Waals surface area contributed by atoms with Crippen molar-refractivity contribution < 1.29 is 4.74 Å². The minimum absolute atomic E-state index is 0. The van der Waals surface area contributed by atoms with Crippen molar-refractivity contribution in [2.45, 2.75) is 25.8 Å². The van der Waals surface area contributed by atoms with Gasteiger partial charge in [0.05, 0.1) is 7.11 Å². The number of hydrogen-bond donors (Lipinski definition) is 1. The van der Waals surface area contributed by atoms with E-state index in [1.165, 1.54) is 11.1 Å². The highest BCUT2D eigenvalue weighted by Crippen LogP contribution is 2.29. The van der Waals surface area contributed by atoms with Crippen LogP contribution in [0.1, 0.15) is 25.3 Å². The largest absolute Gasteiger partial charge is 0.497 e. The minimum atomic E-state index is 0. The lowest BCUT2D eigenvalue weighted by atomic mass is 9.95. The third-order valence-corrected chi connectivity index (χ3v) is 3.93. The molecule has 1 fully saturated rings. The second kappa shape index (κ2) is 9.31. The first-order valence-corrected chi connectivity index (χ1v) is 6.87. The van der Waals surface area contributed by atoms with Crippen LogP contribution in [-0.2, 0) is 0 Å². The number of halogens is 2. The molecule has 1 aliphatic rings. The van der Waals surface area contributed by atoms with Crippen LogP contribution in [0.2, 0.25) is 0 Å². The molecule has 1 aromatic carbocycles. The quantitative estimate of drug-likeness (QED) is 0.860. The molecule has 0 spiro atoms. The first kappa shape index (κ1) is 20.3. The van der Waals surface area contributed by atoms with E-state index >= 15 is 0 Å². The first-order valence-electron chi connectivity index (χ1n) is 6.87. The molecule has 0 unspecified atom stereocenters. The average molecular weight is 333 g/mol. The summed E-state index contributed by atoms with van der Waals surface area (Å²) in [5.41, 5.74) is 8.99. The van der Waals surface area contributed by atoms with Gasteiger partial charge in [0.2, 0.25) is 0 Å². The Morgan fingerprint density at radius 3 is 2.71 bits per heavy atom. The van der Waals surface area contributed by atoms with Crippen molar-refractivity contribution in [3.8, 4) is 5.75 Å². The van der Waals surface area contributed by atoms with Crippen LogP contribution in [0.15, 0.2) is 35.9 Å². The zero-order valence-electron chi connectivity index (χ0n) is 12.9. The molecule has 2 N–H and O–H groups in total. The molecule has 0 aliphatic carbocycles. The van der Waals surface area contributed by atoms with Crippen molar-refractivity contribution >= 4 is 24.8 Å². The van der Waals surface area contributed by atoms with Gasteiger partial charge in [-0.1, -0.05) is 23.8 Å². The monoisotopic (exact) mass is 332 g/mol. The van der Waals surface area contributed by atoms with Crippen LogP contribution in [0.4, 0.5) is 0 Å². The molecule has 0 saturated carbocycles. The van der Waals surface area contributed by atoms with Crippen LogP contribution >= 0.6 is 24.8 Å². The van der Waals surface area contributed by atoms with Gasteiger partial charge in [0.1, 0.15) is 5.75 Å². The second-order valence-corrected chi connectivity index (χ2v) is 5.38. The maximum absolute atomic E-state index is 6.31. The van der Waals surface area contributed by atoms with Gasteiger partial charge >= 0.3 is 0 Å². The number of nitrogens with zero attached hydrogens (tertiary/aromatic N) is 1. The molecule has 0 radical (unpaired) electrons. The second-order valence-electron chi connectivity index (χ2n) is 5.38. The molecule has 0 bridgehead atoms. The third kappa shape index (κ3) is 5.19. The molecule has 1 aliphatic heterocycles. The Morgan fingerprint density at radius 2 is 2.10 bits per heavy atom. The summed E-state index contributed by atoms with van der Waals surface area (Å²) in [6.07, 6.45) is 2.17. The van der Waals surface area contributed by atoms with Crippen LogP contribution < -0.4 is 10.5 Å². The molecule has 1 heterocycles. The van der Waals surface area contributed by atoms with Gasteiger partial charge in [0, 0.05) is 31.6 Å². The molecule has 0 aromatic heterocycles. The topological polar surface area (TPSA) is 38.5 Å². The number of benzene rings is 1. The van der Waals surface area contributed by atoms with Crippen LogP contribution in [-0.4, -0.2) is 37.7 Å². The number of allylic oxidation sites excluding steroid dienone is 1. The molecule has 1 saturated heterocycles. The summed E-state index contributed by atoms with van der Waals surface area (Å²) in [6.45, 7) is 7.27. The zero-order valence-corrected chi connectivity index (χ0v) is 14.5. The summed E-state index contributed by atoms with van der Waals surface area (Å²) in [4.78, 5) is 2.43. The number of hydrogen-bond acceptors (Lipinski definition) is 3. The van der Waals surface area contributed by atoms with E-state index in [2.05, 4.69) is 37.0 Å². The SMILES string of the molecule is C/C=C(\C)CN1C[C@H](c2cccc(OC)c2)[C@@H](N)C1.Cl.Cl. The van der Waals surface area contributed by atoms with E-state index < -0.39 is 0 Å². The smallest absolute Gasteiger partial charge is 0.119 e. The Kier molecular flexibility index (Phi) is 8.98. The number of nitrogens with two attached hydrogens (primary N) is 1. The predicted octanol–water partition coefficient (Wildman–Crippen LogP) is 3.23. The first-order chi connectivity index (χ1) is 9.13. The van der Waals surface area contributed by atoms with Gasteiger partial charge in [-0.3, -0.25) is 4.90 Å². The highest BCUT2D eigenvalue weighted by Gasteiger charge is 2.31. The van der Waals surface area contributed by atoms with E-state index in [9.17, 15) is 0 Å². The fourth-order valence-corrected chi connectivity index (χ4v) is 2.71. The Hall–Kier alpha value is -0.740. The van der Waals surface area contributed by atoms with Crippen molar-refractivity contribution in [2.75, 3.05) is 26.7 Å². The lowest BCUT2D eigenvalue weighted by Gasteiger charge is -2.16. The van der Waals surface area contributed by atoms with Crippen molar-refractivity contribution in [3.05, 3.63) is 41.5 Å². The van der Waals surface area contributed by atoms with Crippen molar-refractivity contribution in [2.24, 2.45) is 5.73 Å². The van der Waals surface area contributed by atoms with E-state index in [4.69, 9.17) is 10.5 Å². The molecule has 2 atom stereocenters. The highest BCUT2D eigenvalue weighted by atomic mass is 35.5. The van der Waals surface area contributed by atoms with Gasteiger partial charge < -0.3 is 10.5 Å². The minimum Gasteiger partial charge on any atom is -0.497 e. The molecule has 2 rings (SSSR count). The summed E-state index contributed by atoms with van der Waals surface area (Å²) in [6, 6.07) is 8.49. The van der Waals surface area contributed by atoms with Gasteiger partial charge in [-0.25, -0.2) is 0 Å². The average Bonchev–Trinajstić information content (AvgIpc) is 2.79. The number of methoxy groups -OCH3 is 1. The lowest BCUT2D eigenvalue weighted by Crippen LogP contribution is -2.29. The molecule has 21 heavy (non-hydrogen) atoms. The molecule has 5 heteroatoms. The molecule has 3 nitrogen and oxygen atoms in total. The maximum atomic E-state index is 6.31. The van der Waals surface area contributed by atoms with Gasteiger partial charge in [0.15, 0.2) is 0 Å². The Labute approximate surface area is 140 Å². The molecular weight excluding hydrogens is 307 g/mol. The maximum Gasteiger partial charge on any atom is 0.119 e. The van der Waals surface area contributed by atoms with Gasteiger partial charge in [0.25, 0.3) is 0 Å². The Balaban J connectivity index is 0.00000200. The molecule has 120 valence electrons. The Morgan fingerprint density at radius 1 is 1.38 bits per heavy atom.